The van der Waals surface area contributed by atoms with Crippen LogP contribution >= 0.6 is 0 Å². The van der Waals surface area contributed by atoms with E-state index in [-0.39, 0.29) is 25.3 Å². The lowest BCUT2D eigenvalue weighted by Gasteiger charge is -2.27. The maximum Gasteiger partial charge on any atom is 0.433 e. The summed E-state index contributed by atoms with van der Waals surface area (Å²) in [6, 6.07) is 2.58. The molecule has 0 spiro atoms. The van der Waals surface area contributed by atoms with Crippen molar-refractivity contribution in [1.29, 1.82) is 0 Å². The second-order valence-corrected chi connectivity index (χ2v) is 8.41. The van der Waals surface area contributed by atoms with Gasteiger partial charge in [0.25, 0.3) is 0 Å². The van der Waals surface area contributed by atoms with Gasteiger partial charge >= 0.3 is 12.3 Å². The lowest BCUT2D eigenvalue weighted by Crippen LogP contribution is -2.47. The van der Waals surface area contributed by atoms with Gasteiger partial charge in [-0.15, -0.1) is 0 Å². The first-order chi connectivity index (χ1) is 15.3. The number of aromatic nitrogens is 3. The van der Waals surface area contributed by atoms with Gasteiger partial charge < -0.3 is 10.1 Å². The first-order valence-electron chi connectivity index (χ1n) is 9.97. The lowest BCUT2D eigenvalue weighted by molar-refractivity contribution is -0.141. The number of ether oxygens (including phenoxy) is 1. The van der Waals surface area contributed by atoms with Crippen LogP contribution in [-0.4, -0.2) is 55.8 Å². The number of ketones is 1. The Bertz CT molecular complexity index is 1050. The molecule has 2 aromatic heterocycles. The van der Waals surface area contributed by atoms with E-state index in [2.05, 4.69) is 20.3 Å². The number of alkyl halides is 3. The summed E-state index contributed by atoms with van der Waals surface area (Å²) in [7, 11) is 0. The molecule has 2 aromatic rings. The van der Waals surface area contributed by atoms with Gasteiger partial charge in [-0.3, -0.25) is 19.5 Å². The Balaban J connectivity index is 1.66. The van der Waals surface area contributed by atoms with Crippen molar-refractivity contribution in [3.8, 4) is 11.3 Å². The van der Waals surface area contributed by atoms with Crippen LogP contribution in [0, 0.1) is 0 Å². The second-order valence-electron chi connectivity index (χ2n) is 8.41. The number of halogens is 3. The number of amides is 2. The first-order valence-corrected chi connectivity index (χ1v) is 9.97. The monoisotopic (exact) mass is 465 g/mol. The number of Topliss-reactive ketones (excluding diaryl/α,β-unsaturated/α-hetero) is 1. The minimum absolute atomic E-state index is 0.0464. The molecule has 1 N–H and O–H groups in total. The largest absolute Gasteiger partial charge is 0.444 e. The van der Waals surface area contributed by atoms with E-state index in [1.807, 2.05) is 0 Å². The summed E-state index contributed by atoms with van der Waals surface area (Å²) in [5.74, 6) is -0.816. The molecule has 3 heterocycles. The molecule has 0 saturated carbocycles. The Morgan fingerprint density at radius 3 is 2.52 bits per heavy atom. The number of carbonyl (C=O) groups excluding carboxylic acids is 3. The molecule has 0 aliphatic carbocycles. The van der Waals surface area contributed by atoms with Crippen molar-refractivity contribution >= 4 is 17.8 Å². The van der Waals surface area contributed by atoms with Crippen LogP contribution in [0.2, 0.25) is 0 Å². The second kappa shape index (κ2) is 9.12. The molecular weight excluding hydrogens is 443 g/mol. The number of likely N-dealkylation sites (tertiary alicyclic amines) is 1. The highest BCUT2D eigenvalue weighted by Gasteiger charge is 2.40. The van der Waals surface area contributed by atoms with E-state index in [4.69, 9.17) is 4.74 Å². The molecule has 1 aliphatic heterocycles. The van der Waals surface area contributed by atoms with Crippen LogP contribution < -0.4 is 5.32 Å². The minimum atomic E-state index is -4.55. The number of pyridine rings is 1. The summed E-state index contributed by atoms with van der Waals surface area (Å²) in [5.41, 5.74) is -0.763. The molecule has 12 heteroatoms. The summed E-state index contributed by atoms with van der Waals surface area (Å²) < 4.78 is 43.3. The third kappa shape index (κ3) is 6.24. The quantitative estimate of drug-likeness (QED) is 0.738. The molecule has 0 bridgehead atoms. The zero-order valence-corrected chi connectivity index (χ0v) is 18.1. The van der Waals surface area contributed by atoms with Gasteiger partial charge in [-0.25, -0.2) is 14.8 Å². The Labute approximate surface area is 187 Å². The Kier molecular flexibility index (Phi) is 6.65. The molecule has 0 unspecified atom stereocenters. The molecule has 1 atom stereocenters. The smallest absolute Gasteiger partial charge is 0.433 e. The van der Waals surface area contributed by atoms with Crippen LogP contribution in [0.25, 0.3) is 11.3 Å². The van der Waals surface area contributed by atoms with Gasteiger partial charge in [0, 0.05) is 18.2 Å². The summed E-state index contributed by atoms with van der Waals surface area (Å²) in [6.45, 7) is 4.77. The van der Waals surface area contributed by atoms with Crippen LogP contribution in [0.15, 0.2) is 30.7 Å². The van der Waals surface area contributed by atoms with Gasteiger partial charge in [0.05, 0.1) is 24.5 Å². The van der Waals surface area contributed by atoms with E-state index < -0.39 is 35.5 Å². The molecule has 1 aliphatic rings. The van der Waals surface area contributed by atoms with Gasteiger partial charge in [0.1, 0.15) is 23.7 Å². The molecule has 9 nitrogen and oxygen atoms in total. The van der Waals surface area contributed by atoms with E-state index in [1.54, 1.807) is 20.8 Å². The van der Waals surface area contributed by atoms with E-state index >= 15 is 0 Å². The SMILES string of the molecule is CC(C)(C)OC(=O)N1CC(=O)C[C@H]1C(=O)NCc1cc(-c2ccc(C(F)(F)F)nc2)ncn1. The molecular formula is C21H22F3N5O4. The lowest BCUT2D eigenvalue weighted by atomic mass is 10.1. The Morgan fingerprint density at radius 1 is 1.18 bits per heavy atom. The summed E-state index contributed by atoms with van der Waals surface area (Å²) >= 11 is 0. The molecule has 1 fully saturated rings. The molecule has 33 heavy (non-hydrogen) atoms. The standard InChI is InChI=1S/C21H22F3N5O4/c1-20(2,3)33-19(32)29-10-14(30)7-16(29)18(31)26-9-13-6-15(28-11-27-13)12-4-5-17(25-8-12)21(22,23)24/h4-6,8,11,16H,7,9-10H2,1-3H3,(H,26,31)/t16-/m0/s1. The number of hydrogen-bond acceptors (Lipinski definition) is 7. The predicted octanol–water partition coefficient (Wildman–Crippen LogP) is 2.75. The third-order valence-electron chi connectivity index (χ3n) is 4.59. The number of nitrogens with zero attached hydrogens (tertiary/aromatic N) is 4. The zero-order chi connectivity index (χ0) is 24.4. The zero-order valence-electron chi connectivity index (χ0n) is 18.1. The normalized spacial score (nSPS) is 16.6. The Morgan fingerprint density at radius 2 is 1.91 bits per heavy atom. The van der Waals surface area contributed by atoms with E-state index in [0.717, 1.165) is 17.2 Å². The minimum Gasteiger partial charge on any atom is -0.444 e. The van der Waals surface area contributed by atoms with Crippen molar-refractivity contribution in [2.45, 2.75) is 51.6 Å². The highest BCUT2D eigenvalue weighted by Crippen LogP contribution is 2.28. The summed E-state index contributed by atoms with van der Waals surface area (Å²) in [4.78, 5) is 49.4. The highest BCUT2D eigenvalue weighted by molar-refractivity contribution is 5.97. The van der Waals surface area contributed by atoms with Crippen LogP contribution in [0.5, 0.6) is 0 Å². The molecule has 3 rings (SSSR count). The van der Waals surface area contributed by atoms with Crippen LogP contribution in [-0.2, 0) is 27.0 Å². The maximum atomic E-state index is 12.7. The fourth-order valence-corrected chi connectivity index (χ4v) is 3.10. The van der Waals surface area contributed by atoms with Crippen molar-refractivity contribution in [2.24, 2.45) is 0 Å². The maximum absolute atomic E-state index is 12.7. The van der Waals surface area contributed by atoms with Crippen molar-refractivity contribution in [3.63, 3.8) is 0 Å². The summed E-state index contributed by atoms with van der Waals surface area (Å²) in [5, 5.41) is 2.62. The van der Waals surface area contributed by atoms with Crippen LogP contribution in [0.4, 0.5) is 18.0 Å². The number of nitrogens with one attached hydrogen (secondary N) is 1. The van der Waals surface area contributed by atoms with Gasteiger partial charge in [-0.1, -0.05) is 0 Å². The van der Waals surface area contributed by atoms with Crippen molar-refractivity contribution in [3.05, 3.63) is 42.1 Å². The van der Waals surface area contributed by atoms with Crippen LogP contribution in [0.1, 0.15) is 38.6 Å². The molecule has 176 valence electrons. The number of hydrogen-bond donors (Lipinski definition) is 1. The van der Waals surface area contributed by atoms with Gasteiger partial charge in [-0.05, 0) is 39.0 Å². The third-order valence-corrected chi connectivity index (χ3v) is 4.59. The number of rotatable bonds is 4. The van der Waals surface area contributed by atoms with E-state index in [1.165, 1.54) is 18.5 Å². The average molecular weight is 465 g/mol. The Hall–Kier alpha value is -3.57. The molecule has 1 saturated heterocycles. The number of carbonyl (C=O) groups is 3. The van der Waals surface area contributed by atoms with Crippen molar-refractivity contribution in [2.75, 3.05) is 6.54 Å². The molecule has 2 amide bonds. The highest BCUT2D eigenvalue weighted by atomic mass is 19.4. The van der Waals surface area contributed by atoms with E-state index in [0.29, 0.717) is 17.0 Å². The van der Waals surface area contributed by atoms with Crippen molar-refractivity contribution < 1.29 is 32.3 Å². The van der Waals surface area contributed by atoms with Gasteiger partial charge in [-0.2, -0.15) is 13.2 Å². The fourth-order valence-electron chi connectivity index (χ4n) is 3.10. The van der Waals surface area contributed by atoms with Gasteiger partial charge in [0.15, 0.2) is 5.78 Å². The average Bonchev–Trinajstić information content (AvgIpc) is 3.12. The van der Waals surface area contributed by atoms with Crippen molar-refractivity contribution in [1.82, 2.24) is 25.2 Å². The topological polar surface area (TPSA) is 114 Å². The van der Waals surface area contributed by atoms with Crippen LogP contribution in [0.3, 0.4) is 0 Å². The first kappa shape index (κ1) is 24.1. The molecule has 0 aromatic carbocycles. The predicted molar refractivity (Wildman–Crippen MR) is 108 cm³/mol. The summed E-state index contributed by atoms with van der Waals surface area (Å²) in [6.07, 6.45) is -3.17. The van der Waals surface area contributed by atoms with E-state index in [9.17, 15) is 27.6 Å². The fraction of sp³-hybridized carbons (Fsp3) is 0.429. The molecule has 0 radical (unpaired) electrons. The van der Waals surface area contributed by atoms with Gasteiger partial charge in [0.2, 0.25) is 5.91 Å².